The Morgan fingerprint density at radius 2 is 1.78 bits per heavy atom. The molecular formula is C5H10O4. The summed E-state index contributed by atoms with van der Waals surface area (Å²) in [7, 11) is 0. The Balaban J connectivity index is 4.10. The van der Waals surface area contributed by atoms with E-state index in [0.717, 1.165) is 0 Å². The van der Waals surface area contributed by atoms with Crippen molar-refractivity contribution in [2.24, 2.45) is 0 Å². The van der Waals surface area contributed by atoms with Crippen LogP contribution in [0.3, 0.4) is 0 Å². The minimum Gasteiger partial charge on any atom is -0.509 e. The molecule has 0 radical (unpaired) electrons. The number of aliphatic hydroxyl groups is 4. The Labute approximate surface area is 52.7 Å². The molecule has 0 bridgehead atoms. The van der Waals surface area contributed by atoms with Crippen molar-refractivity contribution in [1.82, 2.24) is 0 Å². The zero-order valence-corrected chi connectivity index (χ0v) is 5.07. The molecule has 0 saturated heterocycles. The molecule has 0 atom stereocenters. The SMILES string of the molecule is CCC(O)=C(O)C(O)O. The maximum atomic E-state index is 8.61. The van der Waals surface area contributed by atoms with Gasteiger partial charge < -0.3 is 20.4 Å². The van der Waals surface area contributed by atoms with Gasteiger partial charge in [-0.25, -0.2) is 0 Å². The molecule has 0 aliphatic heterocycles. The monoisotopic (exact) mass is 134 g/mol. The van der Waals surface area contributed by atoms with Crippen LogP contribution in [0.1, 0.15) is 13.3 Å². The van der Waals surface area contributed by atoms with E-state index in [2.05, 4.69) is 0 Å². The smallest absolute Gasteiger partial charge is 0.214 e. The number of allylic oxidation sites excluding steroid dienone is 1. The fourth-order valence-corrected chi connectivity index (χ4v) is 0.330. The summed E-state index contributed by atoms with van der Waals surface area (Å²) in [6, 6.07) is 0. The van der Waals surface area contributed by atoms with Crippen LogP contribution in [0.4, 0.5) is 0 Å². The Hall–Kier alpha value is -0.740. The largest absolute Gasteiger partial charge is 0.509 e. The van der Waals surface area contributed by atoms with E-state index >= 15 is 0 Å². The third-order valence-electron chi connectivity index (χ3n) is 0.875. The molecule has 0 heterocycles. The van der Waals surface area contributed by atoms with Gasteiger partial charge in [0.05, 0.1) is 0 Å². The Bertz CT molecular complexity index is 116. The average molecular weight is 134 g/mol. The van der Waals surface area contributed by atoms with Crippen LogP contribution in [-0.4, -0.2) is 26.7 Å². The third-order valence-corrected chi connectivity index (χ3v) is 0.875. The normalized spacial score (nSPS) is 13.8. The molecule has 0 spiro atoms. The lowest BCUT2D eigenvalue weighted by Crippen LogP contribution is -2.10. The highest BCUT2D eigenvalue weighted by Gasteiger charge is 2.08. The van der Waals surface area contributed by atoms with Gasteiger partial charge in [0.25, 0.3) is 0 Å². The average Bonchev–Trinajstić information content (AvgIpc) is 1.84. The molecule has 0 saturated carbocycles. The highest BCUT2D eigenvalue weighted by molar-refractivity contribution is 4.99. The molecule has 4 N–H and O–H groups in total. The van der Waals surface area contributed by atoms with Crippen molar-refractivity contribution in [2.75, 3.05) is 0 Å². The molecule has 54 valence electrons. The van der Waals surface area contributed by atoms with Gasteiger partial charge in [-0.2, -0.15) is 0 Å². The molecule has 0 fully saturated rings. The molecule has 0 aliphatic carbocycles. The molecule has 4 heteroatoms. The van der Waals surface area contributed by atoms with Crippen LogP contribution >= 0.6 is 0 Å². The van der Waals surface area contributed by atoms with Crippen molar-refractivity contribution in [2.45, 2.75) is 19.6 Å². The van der Waals surface area contributed by atoms with Gasteiger partial charge in [0.1, 0.15) is 5.76 Å². The summed E-state index contributed by atoms with van der Waals surface area (Å²) in [6.07, 6.45) is -1.78. The summed E-state index contributed by atoms with van der Waals surface area (Å²) < 4.78 is 0. The molecule has 0 aromatic carbocycles. The Morgan fingerprint density at radius 1 is 1.33 bits per heavy atom. The molecule has 0 aromatic rings. The van der Waals surface area contributed by atoms with Crippen LogP contribution in [0.25, 0.3) is 0 Å². The van der Waals surface area contributed by atoms with E-state index in [1.54, 1.807) is 6.92 Å². The summed E-state index contributed by atoms with van der Waals surface area (Å²) in [4.78, 5) is 0. The van der Waals surface area contributed by atoms with Crippen molar-refractivity contribution in [3.05, 3.63) is 11.5 Å². The van der Waals surface area contributed by atoms with E-state index in [-0.39, 0.29) is 6.42 Å². The molecule has 9 heavy (non-hydrogen) atoms. The standard InChI is InChI=1S/C5H10O4/c1-2-3(6)4(7)5(8)9/h5-9H,2H2,1H3. The quantitative estimate of drug-likeness (QED) is 0.317. The first-order valence-electron chi connectivity index (χ1n) is 2.56. The van der Waals surface area contributed by atoms with Gasteiger partial charge >= 0.3 is 0 Å². The van der Waals surface area contributed by atoms with E-state index < -0.39 is 17.8 Å². The fraction of sp³-hybridized carbons (Fsp3) is 0.600. The molecule has 0 amide bonds. The topological polar surface area (TPSA) is 80.9 Å². The lowest BCUT2D eigenvalue weighted by molar-refractivity contribution is -0.0420. The molecule has 0 aliphatic rings. The number of hydrogen-bond donors (Lipinski definition) is 4. The molecular weight excluding hydrogens is 124 g/mol. The van der Waals surface area contributed by atoms with Gasteiger partial charge in [-0.15, -0.1) is 0 Å². The number of hydrogen-bond acceptors (Lipinski definition) is 4. The first-order chi connectivity index (χ1) is 4.09. The van der Waals surface area contributed by atoms with E-state index in [1.807, 2.05) is 0 Å². The van der Waals surface area contributed by atoms with E-state index in [9.17, 15) is 0 Å². The van der Waals surface area contributed by atoms with Crippen LogP contribution in [-0.2, 0) is 0 Å². The van der Waals surface area contributed by atoms with Crippen molar-refractivity contribution in [3.8, 4) is 0 Å². The minimum absolute atomic E-state index is 0.184. The zero-order chi connectivity index (χ0) is 7.44. The van der Waals surface area contributed by atoms with Crippen LogP contribution in [0.5, 0.6) is 0 Å². The van der Waals surface area contributed by atoms with Gasteiger partial charge in [-0.3, -0.25) is 0 Å². The van der Waals surface area contributed by atoms with Crippen molar-refractivity contribution >= 4 is 0 Å². The van der Waals surface area contributed by atoms with E-state index in [0.29, 0.717) is 0 Å². The number of aliphatic hydroxyl groups excluding tert-OH is 3. The maximum Gasteiger partial charge on any atom is 0.214 e. The highest BCUT2D eigenvalue weighted by Crippen LogP contribution is 2.03. The molecule has 0 unspecified atom stereocenters. The first-order valence-corrected chi connectivity index (χ1v) is 2.56. The Kier molecular flexibility index (Phi) is 3.05. The second-order valence-corrected chi connectivity index (χ2v) is 1.56. The van der Waals surface area contributed by atoms with Crippen LogP contribution in [0.15, 0.2) is 11.5 Å². The predicted octanol–water partition coefficient (Wildman–Crippen LogP) is 0.0347. The fourth-order valence-electron chi connectivity index (χ4n) is 0.330. The number of rotatable bonds is 2. The van der Waals surface area contributed by atoms with E-state index in [4.69, 9.17) is 20.4 Å². The van der Waals surface area contributed by atoms with Crippen LogP contribution < -0.4 is 0 Å². The highest BCUT2D eigenvalue weighted by atomic mass is 16.5. The van der Waals surface area contributed by atoms with Gasteiger partial charge in [0.15, 0.2) is 5.76 Å². The second kappa shape index (κ2) is 3.32. The minimum atomic E-state index is -1.97. The Morgan fingerprint density at radius 3 is 1.89 bits per heavy atom. The van der Waals surface area contributed by atoms with Gasteiger partial charge in [-0.05, 0) is 0 Å². The summed E-state index contributed by atoms with van der Waals surface area (Å²) in [5.41, 5.74) is 0. The lowest BCUT2D eigenvalue weighted by Gasteiger charge is -2.02. The predicted molar refractivity (Wildman–Crippen MR) is 30.8 cm³/mol. The summed E-state index contributed by atoms with van der Waals surface area (Å²) in [5, 5.41) is 33.6. The van der Waals surface area contributed by atoms with Gasteiger partial charge in [0, 0.05) is 6.42 Å². The third kappa shape index (κ3) is 2.34. The van der Waals surface area contributed by atoms with Crippen LogP contribution in [0.2, 0.25) is 0 Å². The summed E-state index contributed by atoms with van der Waals surface area (Å²) >= 11 is 0. The van der Waals surface area contributed by atoms with Crippen LogP contribution in [0, 0.1) is 0 Å². The van der Waals surface area contributed by atoms with Crippen molar-refractivity contribution < 1.29 is 20.4 Å². The van der Waals surface area contributed by atoms with Crippen molar-refractivity contribution in [3.63, 3.8) is 0 Å². The van der Waals surface area contributed by atoms with Crippen molar-refractivity contribution in [1.29, 1.82) is 0 Å². The molecule has 0 aromatic heterocycles. The zero-order valence-electron chi connectivity index (χ0n) is 5.07. The summed E-state index contributed by atoms with van der Waals surface area (Å²) in [6.45, 7) is 1.58. The van der Waals surface area contributed by atoms with Gasteiger partial charge in [0.2, 0.25) is 6.29 Å². The molecule has 4 nitrogen and oxygen atoms in total. The van der Waals surface area contributed by atoms with E-state index in [1.165, 1.54) is 0 Å². The summed E-state index contributed by atoms with van der Waals surface area (Å²) in [5.74, 6) is -1.18. The lowest BCUT2D eigenvalue weighted by atomic mass is 10.3. The second-order valence-electron chi connectivity index (χ2n) is 1.56. The molecule has 0 rings (SSSR count). The first kappa shape index (κ1) is 8.26. The van der Waals surface area contributed by atoms with Gasteiger partial charge in [-0.1, -0.05) is 6.92 Å². The maximum absolute atomic E-state index is 8.61.